The Morgan fingerprint density at radius 1 is 1.56 bits per heavy atom. The van der Waals surface area contributed by atoms with Gasteiger partial charge in [-0.15, -0.1) is 6.21 Å². The first-order valence-corrected chi connectivity index (χ1v) is 5.00. The Balaban J connectivity index is 0.00000289. The molecule has 0 saturated carbocycles. The number of Topliss-reactive ketones (excluding diaryl/α,β-unsaturated/α-hetero) is 1. The summed E-state index contributed by atoms with van der Waals surface area (Å²) >= 11 is 0. The molecule has 0 aliphatic carbocycles. The van der Waals surface area contributed by atoms with Crippen LogP contribution in [0.2, 0.25) is 0 Å². The maximum Gasteiger partial charge on any atom is 0.305 e. The third-order valence-corrected chi connectivity index (χ3v) is 2.02. The molecule has 0 bridgehead atoms. The van der Waals surface area contributed by atoms with Crippen molar-refractivity contribution in [2.75, 3.05) is 7.05 Å². The van der Waals surface area contributed by atoms with Crippen molar-refractivity contribution in [3.63, 3.8) is 0 Å². The number of benzene rings is 1. The summed E-state index contributed by atoms with van der Waals surface area (Å²) in [7, 11) is 1.52. The van der Waals surface area contributed by atoms with Crippen LogP contribution in [0.1, 0.15) is 6.42 Å². The van der Waals surface area contributed by atoms with Crippen LogP contribution < -0.4 is 5.32 Å². The molecule has 0 fully saturated rings. The molecular formula is C12H12N2O3Y-2. The van der Waals surface area contributed by atoms with E-state index in [4.69, 9.17) is 5.11 Å². The van der Waals surface area contributed by atoms with Crippen LogP contribution in [0, 0.1) is 6.07 Å². The molecule has 18 heavy (non-hydrogen) atoms. The van der Waals surface area contributed by atoms with Crippen LogP contribution >= 0.6 is 0 Å². The van der Waals surface area contributed by atoms with Crippen molar-refractivity contribution in [3.8, 4) is 0 Å². The van der Waals surface area contributed by atoms with Gasteiger partial charge in [-0.1, -0.05) is 0 Å². The predicted octanol–water partition coefficient (Wildman–Crippen LogP) is 0.695. The average molecular weight is 321 g/mol. The largest absolute Gasteiger partial charge is 0.481 e. The van der Waals surface area contributed by atoms with Crippen molar-refractivity contribution in [2.24, 2.45) is 4.99 Å². The number of nitrogens with zero attached hydrogens (tertiary/aromatic N) is 1. The SMILES string of the molecule is CN[C@@H](CC(=O)O)C(=O)[C-]=Nc1[c-]cccc1.[Y]. The maximum absolute atomic E-state index is 11.5. The van der Waals surface area contributed by atoms with Gasteiger partial charge in [-0.2, -0.15) is 18.2 Å². The molecule has 0 spiro atoms. The van der Waals surface area contributed by atoms with E-state index in [9.17, 15) is 9.59 Å². The smallest absolute Gasteiger partial charge is 0.305 e. The molecule has 0 unspecified atom stereocenters. The fourth-order valence-corrected chi connectivity index (χ4v) is 1.15. The molecule has 0 heterocycles. The number of aliphatic imine (C=N–C) groups is 1. The minimum absolute atomic E-state index is 0. The van der Waals surface area contributed by atoms with Crippen molar-refractivity contribution in [1.29, 1.82) is 0 Å². The van der Waals surface area contributed by atoms with E-state index in [1.54, 1.807) is 24.3 Å². The standard InChI is InChI=1S/C12H12N2O3.Y/c1-13-10(7-12(16)17)11(15)8-14-9-5-3-2-4-6-9;/h2-5,10,13H,7H2,1H3,(H,16,17);/q-2;/t10-;/m0./s1. The molecule has 0 aromatic heterocycles. The topological polar surface area (TPSA) is 78.8 Å². The third-order valence-electron chi connectivity index (χ3n) is 2.02. The molecular weight excluding hydrogens is 309 g/mol. The predicted molar refractivity (Wildman–Crippen MR) is 62.5 cm³/mol. The number of carboxylic acid groups (broad SMARTS) is 1. The minimum atomic E-state index is -1.05. The van der Waals surface area contributed by atoms with Gasteiger partial charge in [0.25, 0.3) is 0 Å². The zero-order chi connectivity index (χ0) is 12.7. The molecule has 5 nitrogen and oxygen atoms in total. The average Bonchev–Trinajstić information content (AvgIpc) is 2.34. The number of rotatable bonds is 6. The van der Waals surface area contributed by atoms with E-state index in [1.165, 1.54) is 7.05 Å². The molecule has 6 heteroatoms. The maximum atomic E-state index is 11.5. The van der Waals surface area contributed by atoms with Crippen molar-refractivity contribution < 1.29 is 47.4 Å². The zero-order valence-corrected chi connectivity index (χ0v) is 12.7. The van der Waals surface area contributed by atoms with Gasteiger partial charge in [0.15, 0.2) is 0 Å². The van der Waals surface area contributed by atoms with Crippen molar-refractivity contribution in [1.82, 2.24) is 5.32 Å². The van der Waals surface area contributed by atoms with Gasteiger partial charge in [0.2, 0.25) is 0 Å². The summed E-state index contributed by atoms with van der Waals surface area (Å²) in [5.41, 5.74) is 0.478. The second kappa shape index (κ2) is 9.08. The van der Waals surface area contributed by atoms with E-state index in [0.717, 1.165) is 0 Å². The van der Waals surface area contributed by atoms with Gasteiger partial charge < -0.3 is 20.2 Å². The number of carbonyl (C=O) groups is 2. The summed E-state index contributed by atoms with van der Waals surface area (Å²) in [5, 5.41) is 11.2. The number of aliphatic carboxylic acids is 1. The Labute approximate surface area is 131 Å². The summed E-state index contributed by atoms with van der Waals surface area (Å²) in [6.07, 6.45) is 1.99. The number of hydrogen-bond acceptors (Lipinski definition) is 4. The molecule has 1 aromatic rings. The number of hydrogen-bond donors (Lipinski definition) is 2. The quantitative estimate of drug-likeness (QED) is 0.597. The van der Waals surface area contributed by atoms with Gasteiger partial charge in [-0.05, 0) is 7.05 Å². The first-order chi connectivity index (χ1) is 8.13. The molecule has 0 amide bonds. The Kier molecular flexibility index (Phi) is 8.62. The van der Waals surface area contributed by atoms with Crippen LogP contribution in [0.15, 0.2) is 29.3 Å². The first-order valence-electron chi connectivity index (χ1n) is 5.00. The summed E-state index contributed by atoms with van der Waals surface area (Å²) in [6, 6.07) is 8.87. The van der Waals surface area contributed by atoms with E-state index >= 15 is 0 Å². The van der Waals surface area contributed by atoms with Gasteiger partial charge in [-0.25, -0.2) is 11.8 Å². The molecule has 0 aliphatic heterocycles. The number of para-hydroxylation sites is 1. The van der Waals surface area contributed by atoms with Gasteiger partial charge in [-0.3, -0.25) is 10.9 Å². The van der Waals surface area contributed by atoms with Crippen molar-refractivity contribution >= 4 is 23.7 Å². The van der Waals surface area contributed by atoms with Crippen LogP contribution in [0.25, 0.3) is 0 Å². The van der Waals surface area contributed by atoms with Crippen LogP contribution in [0.4, 0.5) is 5.69 Å². The van der Waals surface area contributed by atoms with E-state index < -0.39 is 17.8 Å². The van der Waals surface area contributed by atoms with Crippen molar-refractivity contribution in [2.45, 2.75) is 12.5 Å². The zero-order valence-electron chi connectivity index (χ0n) is 9.88. The third kappa shape index (κ3) is 6.14. The van der Waals surface area contributed by atoms with Crippen LogP contribution in [-0.4, -0.2) is 36.2 Å². The summed E-state index contributed by atoms with van der Waals surface area (Å²) in [4.78, 5) is 25.8. The second-order valence-electron chi connectivity index (χ2n) is 3.27. The Morgan fingerprint density at radius 2 is 2.28 bits per heavy atom. The Morgan fingerprint density at radius 3 is 2.78 bits per heavy atom. The van der Waals surface area contributed by atoms with Crippen LogP contribution in [0.5, 0.6) is 0 Å². The number of likely N-dealkylation sites (N-methyl/N-ethyl adjacent to an activating group) is 1. The van der Waals surface area contributed by atoms with E-state index in [2.05, 4.69) is 22.6 Å². The molecule has 0 saturated heterocycles. The normalized spacial score (nSPS) is 11.8. The monoisotopic (exact) mass is 321 g/mol. The fraction of sp³-hybridized carbons (Fsp3) is 0.250. The molecule has 1 radical (unpaired) electrons. The number of ketones is 1. The Hall–Kier alpha value is -0.906. The molecule has 2 N–H and O–H groups in total. The molecule has 93 valence electrons. The number of nitrogens with one attached hydrogen (secondary N) is 1. The van der Waals surface area contributed by atoms with E-state index in [0.29, 0.717) is 5.69 Å². The molecule has 0 aliphatic rings. The fourth-order valence-electron chi connectivity index (χ4n) is 1.15. The number of carboxylic acids is 1. The Bertz CT molecular complexity index is 421. The summed E-state index contributed by atoms with van der Waals surface area (Å²) in [6.45, 7) is 0. The minimum Gasteiger partial charge on any atom is -0.481 e. The van der Waals surface area contributed by atoms with Crippen molar-refractivity contribution in [3.05, 3.63) is 30.3 Å². The van der Waals surface area contributed by atoms with Gasteiger partial charge in [0.1, 0.15) is 5.78 Å². The summed E-state index contributed by atoms with van der Waals surface area (Å²) < 4.78 is 0. The van der Waals surface area contributed by atoms with E-state index in [1.807, 2.05) is 0 Å². The van der Waals surface area contributed by atoms with Crippen LogP contribution in [-0.2, 0) is 42.3 Å². The van der Waals surface area contributed by atoms with E-state index in [-0.39, 0.29) is 39.1 Å². The van der Waals surface area contributed by atoms with Gasteiger partial charge >= 0.3 is 5.97 Å². The summed E-state index contributed by atoms with van der Waals surface area (Å²) in [5.74, 6) is -1.54. The number of carbonyl (C=O) groups excluding carboxylic acids is 1. The van der Waals surface area contributed by atoms with Gasteiger partial charge in [0.05, 0.1) is 12.5 Å². The molecule has 1 rings (SSSR count). The van der Waals surface area contributed by atoms with Gasteiger partial charge in [0, 0.05) is 32.7 Å². The first kappa shape index (κ1) is 17.1. The molecule has 1 atom stereocenters. The van der Waals surface area contributed by atoms with Crippen LogP contribution in [0.3, 0.4) is 0 Å². The second-order valence-corrected chi connectivity index (χ2v) is 3.27. The molecule has 1 aromatic carbocycles.